The molecular formula is C21H15N5O. The molecule has 27 heavy (non-hydrogen) atoms. The molecule has 0 aliphatic rings. The molecule has 0 amide bonds. The summed E-state index contributed by atoms with van der Waals surface area (Å²) in [5.41, 5.74) is 5.38. The van der Waals surface area contributed by atoms with E-state index in [2.05, 4.69) is 38.4 Å². The number of hydrogen-bond acceptors (Lipinski definition) is 4. The van der Waals surface area contributed by atoms with Crippen LogP contribution in [0.25, 0.3) is 33.2 Å². The molecule has 0 fully saturated rings. The third kappa shape index (κ3) is 2.67. The maximum atomic E-state index is 12.4. The monoisotopic (exact) mass is 353 g/mol. The van der Waals surface area contributed by atoms with Crippen LogP contribution < -0.4 is 5.56 Å². The number of H-pyrrole nitrogens is 1. The van der Waals surface area contributed by atoms with E-state index in [0.717, 1.165) is 33.1 Å². The van der Waals surface area contributed by atoms with Gasteiger partial charge in [0.25, 0.3) is 5.56 Å². The fourth-order valence-electron chi connectivity index (χ4n) is 3.41. The number of benzene rings is 2. The molecule has 0 bridgehead atoms. The summed E-state index contributed by atoms with van der Waals surface area (Å²) in [6.07, 6.45) is 4.84. The van der Waals surface area contributed by atoms with Crippen LogP contribution in [0.4, 0.5) is 0 Å². The van der Waals surface area contributed by atoms with E-state index in [-0.39, 0.29) is 5.56 Å². The number of fused-ring (bicyclic) bond motifs is 2. The average Bonchev–Trinajstić information content (AvgIpc) is 3.19. The number of nitrogens with one attached hydrogen (secondary N) is 1. The molecule has 5 rings (SSSR count). The van der Waals surface area contributed by atoms with Gasteiger partial charge in [-0.3, -0.25) is 14.5 Å². The second-order valence-electron chi connectivity index (χ2n) is 6.37. The van der Waals surface area contributed by atoms with Gasteiger partial charge in [0.05, 0.1) is 30.0 Å². The Bertz CT molecular complexity index is 1340. The lowest BCUT2D eigenvalue weighted by molar-refractivity contribution is 0.784. The summed E-state index contributed by atoms with van der Waals surface area (Å²) in [6, 6.07) is 18.0. The molecule has 6 nitrogen and oxygen atoms in total. The topological polar surface area (TPSA) is 76.5 Å². The molecule has 0 saturated heterocycles. The van der Waals surface area contributed by atoms with E-state index >= 15 is 0 Å². The highest BCUT2D eigenvalue weighted by molar-refractivity contribution is 5.94. The van der Waals surface area contributed by atoms with Crippen LogP contribution in [0.15, 0.2) is 78.0 Å². The van der Waals surface area contributed by atoms with Gasteiger partial charge in [-0.2, -0.15) is 5.10 Å². The highest BCUT2D eigenvalue weighted by atomic mass is 16.1. The number of aromatic amines is 1. The Labute approximate surface area is 154 Å². The van der Waals surface area contributed by atoms with Crippen molar-refractivity contribution in [1.82, 2.24) is 24.7 Å². The largest absolute Gasteiger partial charge is 0.300 e. The van der Waals surface area contributed by atoms with E-state index < -0.39 is 0 Å². The molecule has 2 aromatic carbocycles. The number of nitrogens with zero attached hydrogens (tertiary/aromatic N) is 4. The van der Waals surface area contributed by atoms with Gasteiger partial charge < -0.3 is 0 Å². The van der Waals surface area contributed by atoms with Crippen molar-refractivity contribution in [2.75, 3.05) is 0 Å². The van der Waals surface area contributed by atoms with Crippen LogP contribution in [0.1, 0.15) is 5.56 Å². The molecule has 1 N–H and O–H groups in total. The highest BCUT2D eigenvalue weighted by Gasteiger charge is 2.08. The summed E-state index contributed by atoms with van der Waals surface area (Å²) in [7, 11) is 0. The van der Waals surface area contributed by atoms with Crippen molar-refractivity contribution in [3.63, 3.8) is 0 Å². The van der Waals surface area contributed by atoms with Crippen molar-refractivity contribution in [2.24, 2.45) is 0 Å². The van der Waals surface area contributed by atoms with Crippen molar-refractivity contribution in [3.8, 4) is 11.1 Å². The van der Waals surface area contributed by atoms with Crippen molar-refractivity contribution in [1.29, 1.82) is 0 Å². The van der Waals surface area contributed by atoms with Gasteiger partial charge in [0.2, 0.25) is 0 Å². The van der Waals surface area contributed by atoms with Crippen LogP contribution in [0, 0.1) is 0 Å². The van der Waals surface area contributed by atoms with Gasteiger partial charge in [-0.1, -0.05) is 30.3 Å². The number of aromatic nitrogens is 5. The SMILES string of the molecule is O=c1cnc2ncccc2n1Cc1cccc(-c2cccc3[nH]ncc23)c1. The standard InChI is InChI=1S/C21H15N5O/c27-20-12-23-21-19(8-3-9-22-21)26(20)13-14-4-1-5-15(10-14)16-6-2-7-18-17(16)11-24-25-18/h1-12H,13H2,(H,24,25). The molecular weight excluding hydrogens is 338 g/mol. The molecule has 3 aromatic heterocycles. The predicted molar refractivity (Wildman–Crippen MR) is 104 cm³/mol. The lowest BCUT2D eigenvalue weighted by atomic mass is 10.00. The van der Waals surface area contributed by atoms with Crippen molar-refractivity contribution >= 4 is 22.1 Å². The Hall–Kier alpha value is -3.80. The summed E-state index contributed by atoms with van der Waals surface area (Å²) >= 11 is 0. The van der Waals surface area contributed by atoms with E-state index in [1.807, 2.05) is 42.6 Å². The average molecular weight is 353 g/mol. The molecule has 6 heteroatoms. The first-order valence-electron chi connectivity index (χ1n) is 8.61. The van der Waals surface area contributed by atoms with Crippen LogP contribution in [-0.4, -0.2) is 24.7 Å². The van der Waals surface area contributed by atoms with Crippen molar-refractivity contribution in [2.45, 2.75) is 6.54 Å². The lowest BCUT2D eigenvalue weighted by Gasteiger charge is -2.11. The summed E-state index contributed by atoms with van der Waals surface area (Å²) in [5, 5.41) is 8.22. The normalized spacial score (nSPS) is 11.3. The first kappa shape index (κ1) is 15.5. The second kappa shape index (κ2) is 6.17. The molecule has 0 aliphatic carbocycles. The minimum atomic E-state index is -0.141. The molecule has 130 valence electrons. The highest BCUT2D eigenvalue weighted by Crippen LogP contribution is 2.28. The minimum Gasteiger partial charge on any atom is -0.300 e. The van der Waals surface area contributed by atoms with Crippen LogP contribution in [0.2, 0.25) is 0 Å². The van der Waals surface area contributed by atoms with Gasteiger partial charge in [0.1, 0.15) is 0 Å². The third-order valence-corrected chi connectivity index (χ3v) is 4.68. The fraction of sp³-hybridized carbons (Fsp3) is 0.0476. The van der Waals surface area contributed by atoms with Crippen LogP contribution in [-0.2, 0) is 6.54 Å². The maximum absolute atomic E-state index is 12.4. The van der Waals surface area contributed by atoms with Gasteiger partial charge in [-0.25, -0.2) is 9.97 Å². The molecule has 0 aliphatic heterocycles. The number of pyridine rings is 1. The summed E-state index contributed by atoms with van der Waals surface area (Å²) < 4.78 is 1.70. The second-order valence-corrected chi connectivity index (χ2v) is 6.37. The first-order chi connectivity index (χ1) is 13.3. The summed E-state index contributed by atoms with van der Waals surface area (Å²) in [6.45, 7) is 0.457. The third-order valence-electron chi connectivity index (χ3n) is 4.68. The Morgan fingerprint density at radius 1 is 0.963 bits per heavy atom. The minimum absolute atomic E-state index is 0.141. The number of rotatable bonds is 3. The van der Waals surface area contributed by atoms with Gasteiger partial charge in [-0.15, -0.1) is 0 Å². The van der Waals surface area contributed by atoms with E-state index in [1.54, 1.807) is 10.8 Å². The van der Waals surface area contributed by atoms with E-state index in [0.29, 0.717) is 12.2 Å². The fourth-order valence-corrected chi connectivity index (χ4v) is 3.41. The molecule has 0 radical (unpaired) electrons. The zero-order valence-electron chi connectivity index (χ0n) is 14.3. The van der Waals surface area contributed by atoms with Crippen LogP contribution in [0.3, 0.4) is 0 Å². The quantitative estimate of drug-likeness (QED) is 0.539. The summed E-state index contributed by atoms with van der Waals surface area (Å²) in [4.78, 5) is 20.8. The van der Waals surface area contributed by atoms with E-state index in [1.165, 1.54) is 6.20 Å². The first-order valence-corrected chi connectivity index (χ1v) is 8.61. The van der Waals surface area contributed by atoms with Gasteiger partial charge in [-0.05, 0) is 41.0 Å². The van der Waals surface area contributed by atoms with Crippen molar-refractivity contribution < 1.29 is 0 Å². The molecule has 0 saturated carbocycles. The van der Waals surface area contributed by atoms with Gasteiger partial charge in [0.15, 0.2) is 5.65 Å². The zero-order chi connectivity index (χ0) is 18.2. The zero-order valence-corrected chi connectivity index (χ0v) is 14.3. The predicted octanol–water partition coefficient (Wildman–Crippen LogP) is 3.38. The van der Waals surface area contributed by atoms with Crippen molar-refractivity contribution in [3.05, 3.63) is 89.1 Å². The smallest absolute Gasteiger partial charge is 0.269 e. The molecule has 5 aromatic rings. The molecule has 0 atom stereocenters. The van der Waals surface area contributed by atoms with E-state index in [4.69, 9.17) is 0 Å². The maximum Gasteiger partial charge on any atom is 0.269 e. The number of hydrogen-bond donors (Lipinski definition) is 1. The Morgan fingerprint density at radius 2 is 1.89 bits per heavy atom. The molecule has 3 heterocycles. The molecule has 0 unspecified atom stereocenters. The Morgan fingerprint density at radius 3 is 2.85 bits per heavy atom. The lowest BCUT2D eigenvalue weighted by Crippen LogP contribution is -2.21. The van der Waals surface area contributed by atoms with Gasteiger partial charge in [0, 0.05) is 11.6 Å². The Balaban J connectivity index is 1.61. The molecule has 0 spiro atoms. The van der Waals surface area contributed by atoms with Crippen LogP contribution >= 0.6 is 0 Å². The van der Waals surface area contributed by atoms with Crippen LogP contribution in [0.5, 0.6) is 0 Å². The van der Waals surface area contributed by atoms with E-state index in [9.17, 15) is 4.79 Å². The van der Waals surface area contributed by atoms with Gasteiger partial charge >= 0.3 is 0 Å². The summed E-state index contributed by atoms with van der Waals surface area (Å²) in [5.74, 6) is 0. The Kier molecular flexibility index (Phi) is 3.53.